The molecule has 0 saturated carbocycles. The summed E-state index contributed by atoms with van der Waals surface area (Å²) in [6.07, 6.45) is -0.0252. The maximum Gasteiger partial charge on any atom is 0.239 e. The van der Waals surface area contributed by atoms with Gasteiger partial charge in [-0.3, -0.25) is 4.79 Å². The van der Waals surface area contributed by atoms with E-state index in [0.29, 0.717) is 25.5 Å². The van der Waals surface area contributed by atoms with Crippen molar-refractivity contribution >= 4 is 11.7 Å². The Morgan fingerprint density at radius 1 is 1.38 bits per heavy atom. The fourth-order valence-corrected chi connectivity index (χ4v) is 2.69. The molecule has 0 bridgehead atoms. The average Bonchev–Trinajstić information content (AvgIpc) is 2.46. The van der Waals surface area contributed by atoms with Crippen LogP contribution >= 0.6 is 0 Å². The number of amides is 1. The number of ether oxygens (including phenoxy) is 1. The van der Waals surface area contributed by atoms with Gasteiger partial charge >= 0.3 is 0 Å². The Morgan fingerprint density at radius 3 is 3.00 bits per heavy atom. The van der Waals surface area contributed by atoms with Crippen LogP contribution in [0.4, 0.5) is 5.82 Å². The van der Waals surface area contributed by atoms with Crippen LogP contribution in [-0.2, 0) is 9.53 Å². The van der Waals surface area contributed by atoms with Gasteiger partial charge in [-0.2, -0.15) is 0 Å². The van der Waals surface area contributed by atoms with Crippen LogP contribution in [0.2, 0.25) is 0 Å². The Kier molecular flexibility index (Phi) is 4.03. The van der Waals surface area contributed by atoms with Crippen LogP contribution in [0.3, 0.4) is 0 Å². The fourth-order valence-electron chi connectivity index (χ4n) is 2.69. The zero-order valence-corrected chi connectivity index (χ0v) is 12.5. The van der Waals surface area contributed by atoms with E-state index in [-0.39, 0.29) is 12.0 Å². The minimum atomic E-state index is -0.0252. The number of hydrogen-bond acceptors (Lipinski definition) is 6. The van der Waals surface area contributed by atoms with Crippen molar-refractivity contribution in [1.29, 1.82) is 0 Å². The van der Waals surface area contributed by atoms with Crippen LogP contribution in [0.5, 0.6) is 0 Å². The molecule has 7 nitrogen and oxygen atoms in total. The normalized spacial score (nSPS) is 24.0. The van der Waals surface area contributed by atoms with Crippen LogP contribution < -0.4 is 10.2 Å². The van der Waals surface area contributed by atoms with Crippen LogP contribution in [0.15, 0.2) is 6.07 Å². The molecule has 1 atom stereocenters. The van der Waals surface area contributed by atoms with E-state index in [0.717, 1.165) is 31.1 Å². The van der Waals surface area contributed by atoms with Gasteiger partial charge in [0.2, 0.25) is 5.91 Å². The molecule has 3 rings (SSSR count). The molecule has 0 spiro atoms. The lowest BCUT2D eigenvalue weighted by Crippen LogP contribution is -2.48. The topological polar surface area (TPSA) is 70.6 Å². The molecule has 21 heavy (non-hydrogen) atoms. The highest BCUT2D eigenvalue weighted by atomic mass is 16.5. The first kappa shape index (κ1) is 14.2. The van der Waals surface area contributed by atoms with Gasteiger partial charge in [0.15, 0.2) is 0 Å². The zero-order chi connectivity index (χ0) is 14.8. The Hall–Kier alpha value is -1.73. The summed E-state index contributed by atoms with van der Waals surface area (Å²) in [6, 6.07) is 1.95. The molecule has 1 unspecified atom stereocenters. The Bertz CT molecular complexity index is 536. The molecule has 7 heteroatoms. The summed E-state index contributed by atoms with van der Waals surface area (Å²) in [5.74, 6) is 1.56. The Morgan fingerprint density at radius 2 is 2.24 bits per heavy atom. The lowest BCUT2D eigenvalue weighted by molar-refractivity contribution is -0.120. The van der Waals surface area contributed by atoms with Gasteiger partial charge in [0.05, 0.1) is 18.8 Å². The number of anilines is 1. The van der Waals surface area contributed by atoms with Gasteiger partial charge in [0.25, 0.3) is 0 Å². The number of aryl methyl sites for hydroxylation is 1. The van der Waals surface area contributed by atoms with Crippen molar-refractivity contribution in [2.75, 3.05) is 51.3 Å². The second-order valence-electron chi connectivity index (χ2n) is 5.59. The summed E-state index contributed by atoms with van der Waals surface area (Å²) in [5, 5.41) is 2.82. The van der Waals surface area contributed by atoms with Gasteiger partial charge in [0.1, 0.15) is 17.7 Å². The summed E-state index contributed by atoms with van der Waals surface area (Å²) < 4.78 is 5.82. The molecule has 2 aliphatic heterocycles. The number of piperazine rings is 1. The van der Waals surface area contributed by atoms with Crippen molar-refractivity contribution in [3.05, 3.63) is 17.6 Å². The maximum atomic E-state index is 11.5. The molecule has 2 saturated heterocycles. The van der Waals surface area contributed by atoms with Crippen molar-refractivity contribution in [3.63, 3.8) is 0 Å². The molecule has 1 amide bonds. The molecule has 1 aromatic rings. The van der Waals surface area contributed by atoms with Gasteiger partial charge in [0, 0.05) is 32.2 Å². The highest BCUT2D eigenvalue weighted by Crippen LogP contribution is 2.23. The van der Waals surface area contributed by atoms with Gasteiger partial charge < -0.3 is 19.9 Å². The second-order valence-corrected chi connectivity index (χ2v) is 5.59. The fraction of sp³-hybridized carbons (Fsp3) is 0.643. The molecular weight excluding hydrogens is 270 g/mol. The Balaban J connectivity index is 1.83. The highest BCUT2D eigenvalue weighted by molar-refractivity contribution is 5.82. The van der Waals surface area contributed by atoms with Crippen molar-refractivity contribution in [2.24, 2.45) is 0 Å². The molecule has 1 N–H and O–H groups in total. The predicted octanol–water partition coefficient (Wildman–Crippen LogP) is -0.276. The number of hydrogen-bond donors (Lipinski definition) is 1. The quantitative estimate of drug-likeness (QED) is 0.808. The van der Waals surface area contributed by atoms with Crippen molar-refractivity contribution in [2.45, 2.75) is 13.0 Å². The first-order valence-corrected chi connectivity index (χ1v) is 7.29. The summed E-state index contributed by atoms with van der Waals surface area (Å²) in [5.41, 5.74) is 0.898. The highest BCUT2D eigenvalue weighted by Gasteiger charge is 2.24. The minimum Gasteiger partial charge on any atom is -0.369 e. The summed E-state index contributed by atoms with van der Waals surface area (Å²) >= 11 is 0. The third kappa shape index (κ3) is 3.30. The molecule has 1 aromatic heterocycles. The number of nitrogens with zero attached hydrogens (tertiary/aromatic N) is 4. The lowest BCUT2D eigenvalue weighted by Gasteiger charge is -2.31. The van der Waals surface area contributed by atoms with Crippen molar-refractivity contribution in [1.82, 2.24) is 20.2 Å². The number of rotatable bonds is 2. The van der Waals surface area contributed by atoms with E-state index in [1.807, 2.05) is 17.9 Å². The maximum absolute atomic E-state index is 11.5. The van der Waals surface area contributed by atoms with E-state index in [9.17, 15) is 4.79 Å². The summed E-state index contributed by atoms with van der Waals surface area (Å²) in [4.78, 5) is 24.7. The zero-order valence-electron chi connectivity index (χ0n) is 12.5. The molecule has 0 aliphatic carbocycles. The molecular formula is C14H21N5O2. The van der Waals surface area contributed by atoms with Crippen LogP contribution in [0, 0.1) is 6.92 Å². The molecule has 0 radical (unpaired) electrons. The number of carbonyl (C=O) groups is 1. The Labute approximate surface area is 124 Å². The van der Waals surface area contributed by atoms with E-state index < -0.39 is 0 Å². The van der Waals surface area contributed by atoms with E-state index in [1.54, 1.807) is 0 Å². The number of aromatic nitrogens is 2. The van der Waals surface area contributed by atoms with Crippen molar-refractivity contribution < 1.29 is 9.53 Å². The second kappa shape index (κ2) is 5.95. The number of carbonyl (C=O) groups excluding carboxylic acids is 1. The lowest BCUT2D eigenvalue weighted by atomic mass is 10.2. The number of morpholine rings is 1. The number of nitrogens with one attached hydrogen (secondary N) is 1. The summed E-state index contributed by atoms with van der Waals surface area (Å²) in [7, 11) is 2.08. The SMILES string of the molecule is Cc1nc(C2CN(C)CCO2)cc(N2CCNC(=O)C2)n1. The van der Waals surface area contributed by atoms with Gasteiger partial charge in [-0.1, -0.05) is 0 Å². The third-order valence-electron chi connectivity index (χ3n) is 3.81. The largest absolute Gasteiger partial charge is 0.369 e. The van der Waals surface area contributed by atoms with E-state index in [2.05, 4.69) is 27.2 Å². The molecule has 3 heterocycles. The average molecular weight is 291 g/mol. The molecule has 2 fully saturated rings. The summed E-state index contributed by atoms with van der Waals surface area (Å²) in [6.45, 7) is 6.14. The first-order valence-electron chi connectivity index (χ1n) is 7.29. The smallest absolute Gasteiger partial charge is 0.239 e. The van der Waals surface area contributed by atoms with E-state index in [1.165, 1.54) is 0 Å². The van der Waals surface area contributed by atoms with Crippen molar-refractivity contribution in [3.8, 4) is 0 Å². The monoisotopic (exact) mass is 291 g/mol. The molecule has 2 aliphatic rings. The van der Waals surface area contributed by atoms with Crippen LogP contribution in [-0.4, -0.2) is 67.2 Å². The third-order valence-corrected chi connectivity index (χ3v) is 3.81. The van der Waals surface area contributed by atoms with Gasteiger partial charge in [-0.25, -0.2) is 9.97 Å². The van der Waals surface area contributed by atoms with Gasteiger partial charge in [-0.05, 0) is 14.0 Å². The molecule has 0 aromatic carbocycles. The standard InChI is InChI=1S/C14H21N5O2/c1-10-16-11(12-8-18(2)5-6-21-12)7-13(17-10)19-4-3-15-14(20)9-19/h7,12H,3-6,8-9H2,1-2H3,(H,15,20). The first-order chi connectivity index (χ1) is 10.1. The van der Waals surface area contributed by atoms with Crippen LogP contribution in [0.25, 0.3) is 0 Å². The minimum absolute atomic E-state index is 0.0252. The number of likely N-dealkylation sites (N-methyl/N-ethyl adjacent to an activating group) is 1. The predicted molar refractivity (Wildman–Crippen MR) is 78.2 cm³/mol. The van der Waals surface area contributed by atoms with E-state index in [4.69, 9.17) is 4.74 Å². The van der Waals surface area contributed by atoms with Gasteiger partial charge in [-0.15, -0.1) is 0 Å². The van der Waals surface area contributed by atoms with E-state index >= 15 is 0 Å². The van der Waals surface area contributed by atoms with Crippen LogP contribution in [0.1, 0.15) is 17.6 Å². The molecule has 114 valence electrons.